The van der Waals surface area contributed by atoms with Gasteiger partial charge in [0.05, 0.1) is 0 Å². The van der Waals surface area contributed by atoms with Crippen molar-refractivity contribution < 1.29 is 9.52 Å². The zero-order valence-corrected chi connectivity index (χ0v) is 13.4. The van der Waals surface area contributed by atoms with Crippen LogP contribution in [0, 0.1) is 19.8 Å². The summed E-state index contributed by atoms with van der Waals surface area (Å²) in [5, 5.41) is 17.0. The Morgan fingerprint density at radius 3 is 2.91 bits per heavy atom. The van der Waals surface area contributed by atoms with E-state index in [9.17, 15) is 5.11 Å². The molecule has 0 amide bonds. The summed E-state index contributed by atoms with van der Waals surface area (Å²) in [5.41, 5.74) is 2.37. The first-order chi connectivity index (χ1) is 10.7. The third-order valence-electron chi connectivity index (χ3n) is 3.40. The molecule has 116 valence electrons. The molecule has 0 bridgehead atoms. The van der Waals surface area contributed by atoms with E-state index in [1.165, 1.54) is 5.56 Å². The van der Waals surface area contributed by atoms with Crippen LogP contribution < -0.4 is 5.32 Å². The number of fused-ring (bicyclic) bond motifs is 1. The van der Waals surface area contributed by atoms with Crippen molar-refractivity contribution in [2.24, 2.45) is 5.92 Å². The first-order valence-corrected chi connectivity index (χ1v) is 8.07. The molecular weight excluding hydrogens is 300 g/mol. The minimum absolute atomic E-state index is 0.118. The third kappa shape index (κ3) is 3.26. The SMILES string of the molecule is Cc1nc(NCC(CO)Cc2ccsc2)c2nc(C)oc2n1. The number of aromatic nitrogens is 3. The highest BCUT2D eigenvalue weighted by Gasteiger charge is 2.14. The number of nitrogens with one attached hydrogen (secondary N) is 1. The van der Waals surface area contributed by atoms with Crippen molar-refractivity contribution in [3.63, 3.8) is 0 Å². The summed E-state index contributed by atoms with van der Waals surface area (Å²) >= 11 is 1.67. The van der Waals surface area contributed by atoms with Crippen molar-refractivity contribution in [3.05, 3.63) is 34.1 Å². The molecule has 3 aromatic rings. The number of oxazole rings is 1. The largest absolute Gasteiger partial charge is 0.422 e. The number of hydrogen-bond acceptors (Lipinski definition) is 7. The number of aryl methyl sites for hydroxylation is 2. The molecular formula is C15H18N4O2S. The van der Waals surface area contributed by atoms with Gasteiger partial charge in [-0.3, -0.25) is 0 Å². The first kappa shape index (κ1) is 14.9. The van der Waals surface area contributed by atoms with Crippen molar-refractivity contribution in [2.45, 2.75) is 20.3 Å². The van der Waals surface area contributed by atoms with Crippen LogP contribution in [-0.4, -0.2) is 33.2 Å². The maximum atomic E-state index is 9.57. The smallest absolute Gasteiger partial charge is 0.252 e. The van der Waals surface area contributed by atoms with E-state index in [1.807, 2.05) is 12.3 Å². The van der Waals surface area contributed by atoms with Crippen LogP contribution in [0.5, 0.6) is 0 Å². The number of aliphatic hydroxyl groups is 1. The number of hydrogen-bond donors (Lipinski definition) is 2. The molecule has 6 nitrogen and oxygen atoms in total. The number of aliphatic hydroxyl groups excluding tert-OH is 1. The summed E-state index contributed by atoms with van der Waals surface area (Å²) in [4.78, 5) is 12.9. The first-order valence-electron chi connectivity index (χ1n) is 7.13. The second-order valence-electron chi connectivity index (χ2n) is 5.27. The highest BCUT2D eigenvalue weighted by atomic mass is 32.1. The molecule has 0 aromatic carbocycles. The number of rotatable bonds is 6. The van der Waals surface area contributed by atoms with E-state index in [0.717, 1.165) is 6.42 Å². The van der Waals surface area contributed by atoms with E-state index in [4.69, 9.17) is 4.42 Å². The normalized spacial score (nSPS) is 12.7. The van der Waals surface area contributed by atoms with E-state index in [1.54, 1.807) is 18.3 Å². The second-order valence-corrected chi connectivity index (χ2v) is 6.05. The second kappa shape index (κ2) is 6.41. The average molecular weight is 318 g/mol. The zero-order chi connectivity index (χ0) is 15.5. The molecule has 0 aliphatic heterocycles. The van der Waals surface area contributed by atoms with Gasteiger partial charge in [0.25, 0.3) is 5.71 Å². The van der Waals surface area contributed by atoms with Crippen LogP contribution in [0.15, 0.2) is 21.2 Å². The van der Waals surface area contributed by atoms with Crippen LogP contribution in [0.2, 0.25) is 0 Å². The van der Waals surface area contributed by atoms with Gasteiger partial charge in [-0.1, -0.05) is 0 Å². The molecule has 0 aliphatic carbocycles. The molecule has 0 fully saturated rings. The Balaban J connectivity index is 1.74. The fraction of sp³-hybridized carbons (Fsp3) is 0.400. The highest BCUT2D eigenvalue weighted by Crippen LogP contribution is 2.21. The monoisotopic (exact) mass is 318 g/mol. The van der Waals surface area contributed by atoms with Crippen molar-refractivity contribution in [1.29, 1.82) is 0 Å². The fourth-order valence-electron chi connectivity index (χ4n) is 2.34. The molecule has 0 aliphatic rings. The molecule has 7 heteroatoms. The van der Waals surface area contributed by atoms with Crippen molar-refractivity contribution in [2.75, 3.05) is 18.5 Å². The topological polar surface area (TPSA) is 84.1 Å². The van der Waals surface area contributed by atoms with Gasteiger partial charge in [0.1, 0.15) is 5.82 Å². The van der Waals surface area contributed by atoms with Gasteiger partial charge in [-0.15, -0.1) is 0 Å². The van der Waals surface area contributed by atoms with E-state index in [-0.39, 0.29) is 12.5 Å². The predicted octanol–water partition coefficient (Wildman–Crippen LogP) is 2.56. The molecule has 0 saturated heterocycles. The molecule has 3 aromatic heterocycles. The summed E-state index contributed by atoms with van der Waals surface area (Å²) in [6.45, 7) is 4.34. The Hall–Kier alpha value is -1.99. The lowest BCUT2D eigenvalue weighted by atomic mass is 10.0. The molecule has 3 heterocycles. The lowest BCUT2D eigenvalue weighted by molar-refractivity contribution is 0.232. The average Bonchev–Trinajstić information content (AvgIpc) is 3.11. The number of thiophene rings is 1. The van der Waals surface area contributed by atoms with Crippen LogP contribution in [0.3, 0.4) is 0 Å². The van der Waals surface area contributed by atoms with Gasteiger partial charge in [0.2, 0.25) is 0 Å². The van der Waals surface area contributed by atoms with E-state index >= 15 is 0 Å². The zero-order valence-electron chi connectivity index (χ0n) is 12.5. The van der Waals surface area contributed by atoms with Gasteiger partial charge in [-0.05, 0) is 35.7 Å². The summed E-state index contributed by atoms with van der Waals surface area (Å²) in [7, 11) is 0. The van der Waals surface area contributed by atoms with Gasteiger partial charge < -0.3 is 14.8 Å². The summed E-state index contributed by atoms with van der Waals surface area (Å²) < 4.78 is 5.46. The van der Waals surface area contributed by atoms with Crippen molar-refractivity contribution in [1.82, 2.24) is 15.0 Å². The lowest BCUT2D eigenvalue weighted by Crippen LogP contribution is -2.21. The maximum Gasteiger partial charge on any atom is 0.252 e. The molecule has 22 heavy (non-hydrogen) atoms. The van der Waals surface area contributed by atoms with Gasteiger partial charge in [0.15, 0.2) is 17.2 Å². The molecule has 0 spiro atoms. The van der Waals surface area contributed by atoms with Crippen LogP contribution >= 0.6 is 11.3 Å². The Kier molecular flexibility index (Phi) is 4.35. The van der Waals surface area contributed by atoms with Crippen molar-refractivity contribution >= 4 is 28.4 Å². The van der Waals surface area contributed by atoms with Crippen LogP contribution in [0.25, 0.3) is 11.2 Å². The Morgan fingerprint density at radius 2 is 2.18 bits per heavy atom. The molecule has 3 rings (SSSR count). The minimum Gasteiger partial charge on any atom is -0.422 e. The van der Waals surface area contributed by atoms with Crippen LogP contribution in [0.1, 0.15) is 17.3 Å². The summed E-state index contributed by atoms with van der Waals surface area (Å²) in [5.74, 6) is 1.97. The van der Waals surface area contributed by atoms with E-state index in [0.29, 0.717) is 35.3 Å². The van der Waals surface area contributed by atoms with Crippen LogP contribution in [0.4, 0.5) is 5.82 Å². The summed E-state index contributed by atoms with van der Waals surface area (Å²) in [6.07, 6.45) is 0.831. The van der Waals surface area contributed by atoms with E-state index in [2.05, 4.69) is 31.7 Å². The Labute approximate surface area is 132 Å². The minimum atomic E-state index is 0.118. The Morgan fingerprint density at radius 1 is 1.32 bits per heavy atom. The maximum absolute atomic E-state index is 9.57. The van der Waals surface area contributed by atoms with Crippen molar-refractivity contribution in [3.8, 4) is 0 Å². The van der Waals surface area contributed by atoms with E-state index < -0.39 is 0 Å². The molecule has 1 atom stereocenters. The van der Waals surface area contributed by atoms with Gasteiger partial charge in [0, 0.05) is 26.0 Å². The third-order valence-corrected chi connectivity index (χ3v) is 4.13. The molecule has 1 unspecified atom stereocenters. The Bertz CT molecular complexity index is 754. The number of nitrogens with zero attached hydrogens (tertiary/aromatic N) is 3. The molecule has 2 N–H and O–H groups in total. The standard InChI is InChI=1S/C15H18N4O2S/c1-9-17-14(13-15(18-9)21-10(2)19-13)16-6-12(7-20)5-11-3-4-22-8-11/h3-4,8,12,20H,5-7H2,1-2H3,(H,16,17,18). The number of anilines is 1. The highest BCUT2D eigenvalue weighted by molar-refractivity contribution is 7.07. The summed E-state index contributed by atoms with van der Waals surface area (Å²) in [6, 6.07) is 2.08. The molecule has 0 radical (unpaired) electrons. The van der Waals surface area contributed by atoms with Gasteiger partial charge in [-0.25, -0.2) is 9.97 Å². The molecule has 0 saturated carbocycles. The van der Waals surface area contributed by atoms with Gasteiger partial charge in [-0.2, -0.15) is 16.3 Å². The van der Waals surface area contributed by atoms with Gasteiger partial charge >= 0.3 is 0 Å². The quantitative estimate of drug-likeness (QED) is 0.726. The lowest BCUT2D eigenvalue weighted by Gasteiger charge is -2.15. The van der Waals surface area contributed by atoms with Crippen LogP contribution in [-0.2, 0) is 6.42 Å². The fourth-order valence-corrected chi connectivity index (χ4v) is 3.02. The predicted molar refractivity (Wildman–Crippen MR) is 86.2 cm³/mol.